The van der Waals surface area contributed by atoms with Gasteiger partial charge in [0.1, 0.15) is 28.8 Å². The number of nitrogens with one attached hydrogen (secondary N) is 1. The number of aromatic amines is 1. The molecule has 0 radical (unpaired) electrons. The smallest absolute Gasteiger partial charge is 0.299 e. The molecule has 12 heteroatoms. The molecule has 3 aromatic rings. The van der Waals surface area contributed by atoms with Crippen molar-refractivity contribution in [2.75, 3.05) is 7.11 Å². The maximum Gasteiger partial charge on any atom is 0.299 e. The normalized spacial score (nSPS) is 10.9. The minimum Gasteiger partial charge on any atom is -0.457 e. The van der Waals surface area contributed by atoms with E-state index >= 15 is 0 Å². The Hall–Kier alpha value is -4.27. The van der Waals surface area contributed by atoms with Crippen LogP contribution in [-0.4, -0.2) is 21.9 Å². The second-order valence-electron chi connectivity index (χ2n) is 6.33. The Morgan fingerprint density at radius 1 is 1.22 bits per heavy atom. The molecule has 0 aliphatic carbocycles. The second kappa shape index (κ2) is 9.25. The largest absolute Gasteiger partial charge is 0.457 e. The molecule has 0 saturated heterocycles. The third-order valence-corrected chi connectivity index (χ3v) is 4.70. The van der Waals surface area contributed by atoms with Gasteiger partial charge in [0.2, 0.25) is 0 Å². The van der Waals surface area contributed by atoms with Crippen molar-refractivity contribution >= 4 is 35.1 Å². The van der Waals surface area contributed by atoms with E-state index in [0.29, 0.717) is 5.56 Å². The zero-order valence-electron chi connectivity index (χ0n) is 16.3. The molecule has 0 aliphatic heterocycles. The number of halogens is 1. The van der Waals surface area contributed by atoms with Crippen molar-refractivity contribution < 1.29 is 19.0 Å². The summed E-state index contributed by atoms with van der Waals surface area (Å²) in [6, 6.07) is 8.58. The summed E-state index contributed by atoms with van der Waals surface area (Å²) in [5.41, 5.74) is -1.86. The van der Waals surface area contributed by atoms with E-state index in [-0.39, 0.29) is 40.1 Å². The fraction of sp³-hybridized carbons (Fsp3) is 0.100. The molecule has 0 amide bonds. The highest BCUT2D eigenvalue weighted by Crippen LogP contribution is 2.33. The van der Waals surface area contributed by atoms with E-state index in [2.05, 4.69) is 4.98 Å². The number of methoxy groups -OCH3 is 1. The van der Waals surface area contributed by atoms with Gasteiger partial charge in [0.05, 0.1) is 27.0 Å². The number of pyridine rings is 1. The number of H-pyrrole nitrogens is 1. The predicted octanol–water partition coefficient (Wildman–Crippen LogP) is 4.29. The fourth-order valence-corrected chi connectivity index (χ4v) is 3.17. The van der Waals surface area contributed by atoms with Crippen molar-refractivity contribution in [1.29, 1.82) is 5.26 Å². The van der Waals surface area contributed by atoms with Crippen molar-refractivity contribution in [3.8, 4) is 17.4 Å². The fourth-order valence-electron chi connectivity index (χ4n) is 2.96. The Balaban J connectivity index is 2.04. The van der Waals surface area contributed by atoms with Crippen LogP contribution in [0.2, 0.25) is 5.02 Å². The van der Waals surface area contributed by atoms with E-state index in [4.69, 9.17) is 20.8 Å². The van der Waals surface area contributed by atoms with Gasteiger partial charge in [-0.2, -0.15) is 5.26 Å². The molecule has 0 saturated carbocycles. The summed E-state index contributed by atoms with van der Waals surface area (Å²) in [7, 11) is 1.28. The van der Waals surface area contributed by atoms with Crippen molar-refractivity contribution in [2.24, 2.45) is 0 Å². The maximum absolute atomic E-state index is 12.2. The van der Waals surface area contributed by atoms with Gasteiger partial charge in [0.15, 0.2) is 0 Å². The van der Waals surface area contributed by atoms with Gasteiger partial charge >= 0.3 is 0 Å². The lowest BCUT2D eigenvalue weighted by atomic mass is 10.1. The van der Waals surface area contributed by atoms with Crippen LogP contribution in [0.25, 0.3) is 23.5 Å². The van der Waals surface area contributed by atoms with Crippen molar-refractivity contribution in [3.63, 3.8) is 0 Å². The number of nitro benzene ring substituents is 1. The molecular weight excluding hydrogens is 444 g/mol. The lowest BCUT2D eigenvalue weighted by Crippen LogP contribution is -2.18. The summed E-state index contributed by atoms with van der Waals surface area (Å²) in [5, 5.41) is 32.0. The van der Waals surface area contributed by atoms with Crippen LogP contribution in [-0.2, 0) is 11.3 Å². The van der Waals surface area contributed by atoms with Crippen LogP contribution >= 0.6 is 11.6 Å². The number of aromatic nitrogens is 1. The Kier molecular flexibility index (Phi) is 6.48. The number of ether oxygens (including phenoxy) is 1. The molecule has 2 heterocycles. The molecule has 32 heavy (non-hydrogen) atoms. The minimum absolute atomic E-state index is 0.146. The van der Waals surface area contributed by atoms with Crippen LogP contribution in [0.1, 0.15) is 22.6 Å². The number of non-ortho nitro benzene ring substituents is 1. The van der Waals surface area contributed by atoms with Crippen LogP contribution in [0.4, 0.5) is 11.4 Å². The summed E-state index contributed by atoms with van der Waals surface area (Å²) in [4.78, 5) is 35.8. The molecule has 0 aliphatic rings. The number of nitro groups is 2. The predicted molar refractivity (Wildman–Crippen MR) is 114 cm³/mol. The Bertz CT molecular complexity index is 1350. The van der Waals surface area contributed by atoms with Gasteiger partial charge in [-0.05, 0) is 30.4 Å². The molecule has 11 nitrogen and oxygen atoms in total. The molecule has 0 spiro atoms. The molecule has 0 bridgehead atoms. The number of hydrogen-bond donors (Lipinski definition) is 1. The molecule has 0 unspecified atom stereocenters. The van der Waals surface area contributed by atoms with E-state index in [1.54, 1.807) is 6.07 Å². The monoisotopic (exact) mass is 456 g/mol. The van der Waals surface area contributed by atoms with Crippen LogP contribution in [0.3, 0.4) is 0 Å². The second-order valence-corrected chi connectivity index (χ2v) is 6.74. The molecule has 2 aromatic heterocycles. The summed E-state index contributed by atoms with van der Waals surface area (Å²) >= 11 is 6.11. The molecule has 0 atom stereocenters. The number of nitriles is 1. The average Bonchev–Trinajstić information content (AvgIpc) is 3.21. The highest BCUT2D eigenvalue weighted by molar-refractivity contribution is 6.33. The molecule has 162 valence electrons. The SMILES string of the molecule is COCc1c([N+](=O)[O-])c(C=Cc2ccc(-c3cc([N+](=O)[O-])ccc3Cl)o2)[nH]c(=O)c1C#N. The van der Waals surface area contributed by atoms with Crippen molar-refractivity contribution in [2.45, 2.75) is 6.61 Å². The van der Waals surface area contributed by atoms with E-state index < -0.39 is 26.7 Å². The number of furan rings is 1. The van der Waals surface area contributed by atoms with E-state index in [1.165, 1.54) is 49.6 Å². The topological polar surface area (TPSA) is 165 Å². The first-order valence-electron chi connectivity index (χ1n) is 8.81. The van der Waals surface area contributed by atoms with E-state index in [9.17, 15) is 30.3 Å². The first-order chi connectivity index (χ1) is 15.3. The summed E-state index contributed by atoms with van der Waals surface area (Å²) in [6.45, 7) is -0.305. The minimum atomic E-state index is -0.798. The molecule has 1 aromatic carbocycles. The van der Waals surface area contributed by atoms with Crippen molar-refractivity contribution in [1.82, 2.24) is 4.98 Å². The third kappa shape index (κ3) is 4.41. The number of rotatable bonds is 7. The van der Waals surface area contributed by atoms with Crippen LogP contribution in [0.15, 0.2) is 39.5 Å². The van der Waals surface area contributed by atoms with Crippen LogP contribution in [0.5, 0.6) is 0 Å². The zero-order chi connectivity index (χ0) is 23.4. The molecule has 3 rings (SSSR count). The summed E-state index contributed by atoms with van der Waals surface area (Å²) < 4.78 is 10.5. The van der Waals surface area contributed by atoms with Gasteiger partial charge in [-0.15, -0.1) is 0 Å². The lowest BCUT2D eigenvalue weighted by Gasteiger charge is -2.06. The van der Waals surface area contributed by atoms with Crippen LogP contribution in [0, 0.1) is 31.6 Å². The van der Waals surface area contributed by atoms with Gasteiger partial charge in [0.25, 0.3) is 16.9 Å². The zero-order valence-corrected chi connectivity index (χ0v) is 17.1. The number of benzene rings is 1. The highest BCUT2D eigenvalue weighted by atomic mass is 35.5. The molecular formula is C20H13ClN4O7. The average molecular weight is 457 g/mol. The standard InChI is InChI=1S/C20H13ClN4O7/c1-31-10-15-14(9-22)20(26)23-17(19(15)25(29)30)6-3-12-4-7-18(32-12)13-8-11(24(27)28)2-5-16(13)21/h2-8H,10H2,1H3,(H,23,26). The van der Waals surface area contributed by atoms with Gasteiger partial charge in [-0.25, -0.2) is 0 Å². The van der Waals surface area contributed by atoms with Crippen LogP contribution < -0.4 is 5.56 Å². The van der Waals surface area contributed by atoms with E-state index in [1.807, 2.05) is 0 Å². The van der Waals surface area contributed by atoms with Gasteiger partial charge in [-0.3, -0.25) is 25.0 Å². The molecule has 1 N–H and O–H groups in total. The summed E-state index contributed by atoms with van der Waals surface area (Å²) in [6.07, 6.45) is 2.60. The lowest BCUT2D eigenvalue weighted by molar-refractivity contribution is -0.386. The first-order valence-corrected chi connectivity index (χ1v) is 9.19. The number of hydrogen-bond acceptors (Lipinski definition) is 8. The van der Waals surface area contributed by atoms with Crippen molar-refractivity contribution in [3.05, 3.63) is 88.5 Å². The summed E-state index contributed by atoms with van der Waals surface area (Å²) in [5.74, 6) is 0.469. The Morgan fingerprint density at radius 3 is 2.59 bits per heavy atom. The Morgan fingerprint density at radius 2 is 1.97 bits per heavy atom. The van der Waals surface area contributed by atoms with Gasteiger partial charge in [0, 0.05) is 24.8 Å². The Labute approximate surface area is 184 Å². The maximum atomic E-state index is 12.2. The van der Waals surface area contributed by atoms with Gasteiger partial charge in [-0.1, -0.05) is 11.6 Å². The molecule has 0 fully saturated rings. The first kappa shape index (κ1) is 22.4. The van der Waals surface area contributed by atoms with E-state index in [0.717, 1.165) is 0 Å². The van der Waals surface area contributed by atoms with Gasteiger partial charge < -0.3 is 14.1 Å². The quantitative estimate of drug-likeness (QED) is 0.405. The highest BCUT2D eigenvalue weighted by Gasteiger charge is 2.25. The number of nitrogens with zero attached hydrogens (tertiary/aromatic N) is 3. The third-order valence-electron chi connectivity index (χ3n) is 4.37.